The summed E-state index contributed by atoms with van der Waals surface area (Å²) in [5.41, 5.74) is 1.16. The molecule has 2 saturated heterocycles. The van der Waals surface area contributed by atoms with E-state index in [1.165, 1.54) is 0 Å². The van der Waals surface area contributed by atoms with E-state index in [2.05, 4.69) is 5.16 Å². The van der Waals surface area contributed by atoms with E-state index in [-0.39, 0.29) is 23.4 Å². The monoisotopic (exact) mass is 369 g/mol. The van der Waals surface area contributed by atoms with Crippen molar-refractivity contribution in [2.45, 2.75) is 12.8 Å². The van der Waals surface area contributed by atoms with Crippen LogP contribution in [0.15, 0.2) is 40.9 Å². The highest BCUT2D eigenvalue weighted by Gasteiger charge is 2.33. The molecule has 2 fully saturated rings. The summed E-state index contributed by atoms with van der Waals surface area (Å²) in [4.78, 5) is 29.2. The Kier molecular flexibility index (Phi) is 5.20. The van der Waals surface area contributed by atoms with Gasteiger partial charge in [-0.3, -0.25) is 9.59 Å². The van der Waals surface area contributed by atoms with Gasteiger partial charge in [-0.1, -0.05) is 35.5 Å². The lowest BCUT2D eigenvalue weighted by atomic mass is 9.96. The van der Waals surface area contributed by atoms with Gasteiger partial charge in [0.1, 0.15) is 0 Å². The Hall–Kier alpha value is -2.67. The maximum atomic E-state index is 12.8. The quantitative estimate of drug-likeness (QED) is 0.828. The minimum atomic E-state index is -0.180. The summed E-state index contributed by atoms with van der Waals surface area (Å²) >= 11 is 0. The van der Waals surface area contributed by atoms with Crippen LogP contribution >= 0.6 is 0 Å². The highest BCUT2D eigenvalue weighted by molar-refractivity contribution is 5.93. The second-order valence-corrected chi connectivity index (χ2v) is 6.97. The maximum absolute atomic E-state index is 12.8. The molecule has 1 unspecified atom stereocenters. The zero-order valence-electron chi connectivity index (χ0n) is 15.2. The largest absolute Gasteiger partial charge is 0.378 e. The molecule has 0 spiro atoms. The Morgan fingerprint density at radius 3 is 2.59 bits per heavy atom. The molecule has 1 atom stereocenters. The summed E-state index contributed by atoms with van der Waals surface area (Å²) in [7, 11) is 0. The molecule has 0 N–H and O–H groups in total. The van der Waals surface area contributed by atoms with E-state index in [0.717, 1.165) is 18.4 Å². The fourth-order valence-corrected chi connectivity index (χ4v) is 3.68. The molecule has 2 aliphatic rings. The van der Waals surface area contributed by atoms with E-state index >= 15 is 0 Å². The molecular formula is C20H23N3O4. The minimum absolute atomic E-state index is 0.126. The lowest BCUT2D eigenvalue weighted by Crippen LogP contribution is -2.49. The van der Waals surface area contributed by atoms with Crippen LogP contribution in [0.2, 0.25) is 0 Å². The van der Waals surface area contributed by atoms with Crippen LogP contribution in [0, 0.1) is 5.92 Å². The van der Waals surface area contributed by atoms with Crippen LogP contribution < -0.4 is 0 Å². The first-order valence-electron chi connectivity index (χ1n) is 9.40. The lowest BCUT2D eigenvalue weighted by Gasteiger charge is -2.35. The smallest absolute Gasteiger partial charge is 0.276 e. The second kappa shape index (κ2) is 7.92. The zero-order chi connectivity index (χ0) is 18.6. The number of piperidine rings is 1. The molecule has 4 rings (SSSR count). The third kappa shape index (κ3) is 3.88. The van der Waals surface area contributed by atoms with Gasteiger partial charge in [0.05, 0.1) is 19.1 Å². The fourth-order valence-electron chi connectivity index (χ4n) is 3.68. The Balaban J connectivity index is 1.43. The molecular weight excluding hydrogens is 346 g/mol. The first-order valence-corrected chi connectivity index (χ1v) is 9.40. The van der Waals surface area contributed by atoms with Gasteiger partial charge in [0, 0.05) is 37.8 Å². The standard InChI is InChI=1S/C20H23N3O4/c24-19(22-9-11-26-12-10-22)16-7-4-8-23(14-16)20(25)17-13-18(27-21-17)15-5-2-1-3-6-15/h1-3,5-6,13,16H,4,7-12,14H2. The van der Waals surface area contributed by atoms with Crippen molar-refractivity contribution in [3.05, 3.63) is 42.1 Å². The first-order chi connectivity index (χ1) is 13.2. The first kappa shape index (κ1) is 17.7. The molecule has 2 amide bonds. The van der Waals surface area contributed by atoms with Crippen LogP contribution in [0.5, 0.6) is 0 Å². The van der Waals surface area contributed by atoms with Crippen molar-refractivity contribution in [2.75, 3.05) is 39.4 Å². The van der Waals surface area contributed by atoms with E-state index in [0.29, 0.717) is 45.2 Å². The number of carbonyl (C=O) groups is 2. The Morgan fingerprint density at radius 2 is 1.81 bits per heavy atom. The number of benzene rings is 1. The van der Waals surface area contributed by atoms with Gasteiger partial charge in [-0.05, 0) is 12.8 Å². The molecule has 142 valence electrons. The number of hydrogen-bond acceptors (Lipinski definition) is 5. The normalized spacial score (nSPS) is 20.5. The van der Waals surface area contributed by atoms with E-state index in [9.17, 15) is 9.59 Å². The van der Waals surface area contributed by atoms with Crippen LogP contribution in [0.25, 0.3) is 11.3 Å². The molecule has 27 heavy (non-hydrogen) atoms. The molecule has 1 aromatic carbocycles. The van der Waals surface area contributed by atoms with Gasteiger partial charge in [-0.15, -0.1) is 0 Å². The Bertz CT molecular complexity index is 799. The molecule has 0 radical (unpaired) electrons. The highest BCUT2D eigenvalue weighted by atomic mass is 16.5. The Labute approximate surface area is 157 Å². The van der Waals surface area contributed by atoms with Crippen molar-refractivity contribution < 1.29 is 18.8 Å². The molecule has 0 aliphatic carbocycles. The zero-order valence-corrected chi connectivity index (χ0v) is 15.2. The summed E-state index contributed by atoms with van der Waals surface area (Å²) < 4.78 is 10.7. The van der Waals surface area contributed by atoms with Crippen LogP contribution in [-0.4, -0.2) is 66.2 Å². The topological polar surface area (TPSA) is 75.9 Å². The van der Waals surface area contributed by atoms with Crippen LogP contribution in [0.4, 0.5) is 0 Å². The average Bonchev–Trinajstić information content (AvgIpc) is 3.24. The SMILES string of the molecule is O=C(c1cc(-c2ccccc2)on1)N1CCCC(C(=O)N2CCOCC2)C1. The van der Waals surface area contributed by atoms with Gasteiger partial charge in [-0.2, -0.15) is 0 Å². The summed E-state index contributed by atoms with van der Waals surface area (Å²) in [6.07, 6.45) is 1.63. The number of morpholine rings is 1. The van der Waals surface area contributed by atoms with E-state index in [1.54, 1.807) is 11.0 Å². The molecule has 7 nitrogen and oxygen atoms in total. The lowest BCUT2D eigenvalue weighted by molar-refractivity contribution is -0.141. The summed E-state index contributed by atoms with van der Waals surface area (Å²) in [5.74, 6) is 0.361. The van der Waals surface area contributed by atoms with Gasteiger partial charge in [0.2, 0.25) is 5.91 Å². The van der Waals surface area contributed by atoms with Crippen molar-refractivity contribution in [1.82, 2.24) is 15.0 Å². The van der Waals surface area contributed by atoms with Gasteiger partial charge >= 0.3 is 0 Å². The fraction of sp³-hybridized carbons (Fsp3) is 0.450. The molecule has 2 aliphatic heterocycles. The third-order valence-electron chi connectivity index (χ3n) is 5.17. The second-order valence-electron chi connectivity index (χ2n) is 6.97. The number of rotatable bonds is 3. The summed E-state index contributed by atoms with van der Waals surface area (Å²) in [6.45, 7) is 3.51. The van der Waals surface area contributed by atoms with Gasteiger partial charge in [0.15, 0.2) is 11.5 Å². The molecule has 3 heterocycles. The average molecular weight is 369 g/mol. The van der Waals surface area contributed by atoms with Crippen LogP contribution in [0.1, 0.15) is 23.3 Å². The van der Waals surface area contributed by atoms with Crippen LogP contribution in [0.3, 0.4) is 0 Å². The summed E-state index contributed by atoms with van der Waals surface area (Å²) in [6, 6.07) is 11.2. The molecule has 2 aromatic rings. The molecule has 0 bridgehead atoms. The maximum Gasteiger partial charge on any atom is 0.276 e. The van der Waals surface area contributed by atoms with Crippen molar-refractivity contribution >= 4 is 11.8 Å². The number of ether oxygens (including phenoxy) is 1. The van der Waals surface area contributed by atoms with Crippen molar-refractivity contribution in [3.63, 3.8) is 0 Å². The van der Waals surface area contributed by atoms with Gasteiger partial charge < -0.3 is 19.1 Å². The summed E-state index contributed by atoms with van der Waals surface area (Å²) in [5, 5.41) is 3.95. The van der Waals surface area contributed by atoms with Gasteiger partial charge in [-0.25, -0.2) is 0 Å². The number of carbonyl (C=O) groups excluding carboxylic acids is 2. The highest BCUT2D eigenvalue weighted by Crippen LogP contribution is 2.24. The van der Waals surface area contributed by atoms with Crippen molar-refractivity contribution in [3.8, 4) is 11.3 Å². The third-order valence-corrected chi connectivity index (χ3v) is 5.17. The Morgan fingerprint density at radius 1 is 1.04 bits per heavy atom. The molecule has 7 heteroatoms. The van der Waals surface area contributed by atoms with E-state index in [4.69, 9.17) is 9.26 Å². The van der Waals surface area contributed by atoms with Gasteiger partial charge in [0.25, 0.3) is 5.91 Å². The predicted molar refractivity (Wildman–Crippen MR) is 98.0 cm³/mol. The van der Waals surface area contributed by atoms with Crippen molar-refractivity contribution in [1.29, 1.82) is 0 Å². The number of likely N-dealkylation sites (tertiary alicyclic amines) is 1. The van der Waals surface area contributed by atoms with E-state index in [1.807, 2.05) is 35.2 Å². The number of amides is 2. The number of hydrogen-bond donors (Lipinski definition) is 0. The minimum Gasteiger partial charge on any atom is -0.378 e. The number of nitrogens with zero attached hydrogens (tertiary/aromatic N) is 3. The van der Waals surface area contributed by atoms with Crippen molar-refractivity contribution in [2.24, 2.45) is 5.92 Å². The predicted octanol–water partition coefficient (Wildman–Crippen LogP) is 2.05. The number of aromatic nitrogens is 1. The molecule has 0 saturated carbocycles. The molecule has 1 aromatic heterocycles. The van der Waals surface area contributed by atoms with Crippen LogP contribution in [-0.2, 0) is 9.53 Å². The van der Waals surface area contributed by atoms with E-state index < -0.39 is 0 Å².